The lowest BCUT2D eigenvalue weighted by Gasteiger charge is -2.19. The minimum atomic E-state index is -0.449. The maximum absolute atomic E-state index is 12.3. The maximum atomic E-state index is 12.3. The Morgan fingerprint density at radius 3 is 2.78 bits per heavy atom. The van der Waals surface area contributed by atoms with Crippen molar-refractivity contribution in [2.45, 2.75) is 64.6 Å². The van der Waals surface area contributed by atoms with Crippen molar-refractivity contribution in [3.8, 4) is 0 Å². The second-order valence-corrected chi connectivity index (χ2v) is 6.41. The lowest BCUT2D eigenvalue weighted by molar-refractivity contribution is -0.142. The van der Waals surface area contributed by atoms with Crippen LogP contribution in [0.25, 0.3) is 0 Å². The van der Waals surface area contributed by atoms with Crippen LogP contribution in [0, 0.1) is 0 Å². The third kappa shape index (κ3) is 5.58. The highest BCUT2D eigenvalue weighted by Crippen LogP contribution is 2.24. The van der Waals surface area contributed by atoms with Crippen molar-refractivity contribution >= 4 is 28.3 Å². The molecule has 0 aromatic carbocycles. The van der Waals surface area contributed by atoms with Gasteiger partial charge in [-0.1, -0.05) is 19.8 Å². The molecule has 1 unspecified atom stereocenters. The van der Waals surface area contributed by atoms with Crippen LogP contribution in [0.4, 0.5) is 5.13 Å². The van der Waals surface area contributed by atoms with Gasteiger partial charge in [0.25, 0.3) is 5.91 Å². The van der Waals surface area contributed by atoms with Gasteiger partial charge in [-0.15, -0.1) is 11.3 Å². The van der Waals surface area contributed by atoms with Gasteiger partial charge in [-0.05, 0) is 26.2 Å². The Hall–Kier alpha value is -1.47. The smallest absolute Gasteiger partial charge is 0.311 e. The molecule has 2 rings (SSSR count). The fourth-order valence-corrected chi connectivity index (χ4v) is 3.30. The highest BCUT2D eigenvalue weighted by molar-refractivity contribution is 7.13. The summed E-state index contributed by atoms with van der Waals surface area (Å²) in [5, 5.41) is 5.03. The average molecular weight is 340 g/mol. The number of thiazole rings is 1. The van der Waals surface area contributed by atoms with Crippen LogP contribution >= 0.6 is 11.3 Å². The number of hydrogen-bond donors (Lipinski definition) is 1. The normalized spacial score (nSPS) is 16.3. The molecule has 1 fully saturated rings. The van der Waals surface area contributed by atoms with Crippen molar-refractivity contribution in [2.24, 2.45) is 0 Å². The Bertz CT molecular complexity index is 526. The molecular weight excluding hydrogens is 316 g/mol. The summed E-state index contributed by atoms with van der Waals surface area (Å²) in [6.45, 7) is 4.05. The third-order valence-corrected chi connectivity index (χ3v) is 4.54. The van der Waals surface area contributed by atoms with Gasteiger partial charge in [-0.3, -0.25) is 14.9 Å². The molecule has 7 heteroatoms. The summed E-state index contributed by atoms with van der Waals surface area (Å²) in [6, 6.07) is 0. The number of carbonyl (C=O) groups is 2. The fourth-order valence-electron chi connectivity index (χ4n) is 2.59. The topological polar surface area (TPSA) is 77.5 Å². The first-order valence-corrected chi connectivity index (χ1v) is 9.06. The van der Waals surface area contributed by atoms with Crippen LogP contribution in [0.3, 0.4) is 0 Å². The molecule has 1 atom stereocenters. The molecule has 0 bridgehead atoms. The van der Waals surface area contributed by atoms with Crippen LogP contribution in [0.15, 0.2) is 5.38 Å². The van der Waals surface area contributed by atoms with Gasteiger partial charge in [-0.25, -0.2) is 4.98 Å². The van der Waals surface area contributed by atoms with Crippen LogP contribution in [0.5, 0.6) is 0 Å². The fraction of sp³-hybridized carbons (Fsp3) is 0.688. The molecule has 0 spiro atoms. The lowest BCUT2D eigenvalue weighted by Crippen LogP contribution is -2.32. The van der Waals surface area contributed by atoms with E-state index in [1.54, 1.807) is 12.3 Å². The molecule has 1 aliphatic carbocycles. The molecular formula is C16H24N2O4S. The molecule has 1 aromatic rings. The summed E-state index contributed by atoms with van der Waals surface area (Å²) < 4.78 is 10.8. The van der Waals surface area contributed by atoms with Gasteiger partial charge < -0.3 is 9.47 Å². The monoisotopic (exact) mass is 340 g/mol. The van der Waals surface area contributed by atoms with E-state index in [1.165, 1.54) is 24.2 Å². The molecule has 1 aromatic heterocycles. The number of esters is 1. The van der Waals surface area contributed by atoms with Crippen molar-refractivity contribution in [3.05, 3.63) is 11.1 Å². The average Bonchev–Trinajstić information content (AvgIpc) is 3.17. The molecule has 0 saturated heterocycles. The second kappa shape index (κ2) is 8.98. The van der Waals surface area contributed by atoms with Crippen molar-refractivity contribution in [1.29, 1.82) is 0 Å². The second-order valence-electron chi connectivity index (χ2n) is 5.55. The number of anilines is 1. The number of carbonyl (C=O) groups excluding carboxylic acids is 2. The van der Waals surface area contributed by atoms with Crippen LogP contribution in [0.2, 0.25) is 0 Å². The summed E-state index contributed by atoms with van der Waals surface area (Å²) in [4.78, 5) is 28.0. The number of hydrogen-bond acceptors (Lipinski definition) is 6. The van der Waals surface area contributed by atoms with Gasteiger partial charge in [0.2, 0.25) is 0 Å². The number of nitrogens with one attached hydrogen (secondary N) is 1. The Morgan fingerprint density at radius 1 is 1.39 bits per heavy atom. The van der Waals surface area contributed by atoms with E-state index in [4.69, 9.17) is 9.47 Å². The lowest BCUT2D eigenvalue weighted by atomic mass is 10.2. The summed E-state index contributed by atoms with van der Waals surface area (Å²) in [7, 11) is 0. The van der Waals surface area contributed by atoms with Crippen LogP contribution in [0.1, 0.15) is 51.6 Å². The summed E-state index contributed by atoms with van der Waals surface area (Å²) in [5.41, 5.74) is 0.605. The summed E-state index contributed by atoms with van der Waals surface area (Å²) in [5.74, 6) is -0.483. The van der Waals surface area contributed by atoms with E-state index >= 15 is 0 Å². The predicted molar refractivity (Wildman–Crippen MR) is 88.5 cm³/mol. The predicted octanol–water partition coefficient (Wildman–Crippen LogP) is 2.93. The zero-order valence-electron chi connectivity index (χ0n) is 13.7. The molecule has 1 saturated carbocycles. The zero-order valence-corrected chi connectivity index (χ0v) is 14.5. The van der Waals surface area contributed by atoms with Crippen molar-refractivity contribution in [1.82, 2.24) is 4.98 Å². The highest BCUT2D eigenvalue weighted by atomic mass is 32.1. The molecule has 6 nitrogen and oxygen atoms in total. The Kier molecular flexibility index (Phi) is 6.98. The molecule has 23 heavy (non-hydrogen) atoms. The maximum Gasteiger partial charge on any atom is 0.311 e. The quantitative estimate of drug-likeness (QED) is 0.736. The van der Waals surface area contributed by atoms with Crippen LogP contribution in [-0.4, -0.2) is 35.7 Å². The summed E-state index contributed by atoms with van der Waals surface area (Å²) >= 11 is 1.30. The van der Waals surface area contributed by atoms with Crippen LogP contribution < -0.4 is 5.32 Å². The van der Waals surface area contributed by atoms with Gasteiger partial charge in [-0.2, -0.15) is 0 Å². The molecule has 1 amide bonds. The van der Waals surface area contributed by atoms with Gasteiger partial charge in [0, 0.05) is 5.38 Å². The molecule has 1 heterocycles. The van der Waals surface area contributed by atoms with E-state index in [1.807, 2.05) is 6.92 Å². The summed E-state index contributed by atoms with van der Waals surface area (Å²) in [6.07, 6.45) is 4.91. The largest absolute Gasteiger partial charge is 0.466 e. The standard InChI is InChI=1S/C16H24N2O4S/c1-3-13(22-12-7-5-6-8-12)15(20)18-16-17-11(10-23-16)9-14(19)21-4-2/h10,12-13H,3-9H2,1-2H3,(H,17,18,20). The first-order chi connectivity index (χ1) is 11.1. The van der Waals surface area contributed by atoms with E-state index in [-0.39, 0.29) is 24.4 Å². The molecule has 128 valence electrons. The highest BCUT2D eigenvalue weighted by Gasteiger charge is 2.25. The molecule has 0 radical (unpaired) electrons. The Balaban J connectivity index is 1.85. The van der Waals surface area contributed by atoms with Gasteiger partial charge in [0.1, 0.15) is 6.10 Å². The number of rotatable bonds is 8. The van der Waals surface area contributed by atoms with E-state index in [9.17, 15) is 9.59 Å². The Morgan fingerprint density at radius 2 is 2.13 bits per heavy atom. The van der Waals surface area contributed by atoms with E-state index in [0.29, 0.717) is 23.9 Å². The molecule has 0 aliphatic heterocycles. The number of ether oxygens (including phenoxy) is 2. The zero-order chi connectivity index (χ0) is 16.7. The number of nitrogens with zero attached hydrogens (tertiary/aromatic N) is 1. The van der Waals surface area contributed by atoms with E-state index < -0.39 is 6.10 Å². The van der Waals surface area contributed by atoms with Gasteiger partial charge in [0.15, 0.2) is 5.13 Å². The van der Waals surface area contributed by atoms with Gasteiger partial charge in [0.05, 0.1) is 24.8 Å². The number of aromatic nitrogens is 1. The van der Waals surface area contributed by atoms with E-state index in [2.05, 4.69) is 10.3 Å². The minimum absolute atomic E-state index is 0.121. The minimum Gasteiger partial charge on any atom is -0.466 e. The molecule has 1 aliphatic rings. The van der Waals surface area contributed by atoms with Crippen molar-refractivity contribution in [2.75, 3.05) is 11.9 Å². The van der Waals surface area contributed by atoms with Crippen molar-refractivity contribution in [3.63, 3.8) is 0 Å². The third-order valence-electron chi connectivity index (χ3n) is 3.73. The first-order valence-electron chi connectivity index (χ1n) is 8.18. The van der Waals surface area contributed by atoms with Crippen LogP contribution in [-0.2, 0) is 25.5 Å². The Labute approximate surface area is 140 Å². The SMILES string of the molecule is CCOC(=O)Cc1csc(NC(=O)C(CC)OC2CCCC2)n1. The first kappa shape index (κ1) is 17.9. The van der Waals surface area contributed by atoms with E-state index in [0.717, 1.165) is 12.8 Å². The molecule has 1 N–H and O–H groups in total. The van der Waals surface area contributed by atoms with Gasteiger partial charge >= 0.3 is 5.97 Å². The van der Waals surface area contributed by atoms with Crippen molar-refractivity contribution < 1.29 is 19.1 Å². The number of amides is 1.